The minimum absolute atomic E-state index is 0.0561. The molecule has 1 aliphatic carbocycles. The summed E-state index contributed by atoms with van der Waals surface area (Å²) in [5.74, 6) is 0.573. The van der Waals surface area contributed by atoms with Gasteiger partial charge < -0.3 is 15.6 Å². The zero-order valence-electron chi connectivity index (χ0n) is 13.3. The van der Waals surface area contributed by atoms with Crippen molar-refractivity contribution in [2.75, 3.05) is 6.54 Å². The SMILES string of the molecule is NC(=NCCCCn1ccccc1=O)NC1CCCCCC1. The van der Waals surface area contributed by atoms with Crippen LogP contribution in [0.25, 0.3) is 0 Å². The number of pyridine rings is 1. The van der Waals surface area contributed by atoms with Crippen molar-refractivity contribution in [2.45, 2.75) is 64.0 Å². The summed E-state index contributed by atoms with van der Waals surface area (Å²) in [5, 5.41) is 3.35. The summed E-state index contributed by atoms with van der Waals surface area (Å²) in [6.07, 6.45) is 11.4. The Balaban J connectivity index is 1.64. The molecule has 0 aromatic carbocycles. The van der Waals surface area contributed by atoms with Gasteiger partial charge in [0.2, 0.25) is 5.56 Å². The summed E-state index contributed by atoms with van der Waals surface area (Å²) in [4.78, 5) is 15.9. The first-order valence-corrected chi connectivity index (χ1v) is 8.47. The predicted molar refractivity (Wildman–Crippen MR) is 91.1 cm³/mol. The zero-order chi connectivity index (χ0) is 15.6. The maximum atomic E-state index is 11.5. The minimum Gasteiger partial charge on any atom is -0.370 e. The summed E-state index contributed by atoms with van der Waals surface area (Å²) < 4.78 is 1.73. The maximum absolute atomic E-state index is 11.5. The fraction of sp³-hybridized carbons (Fsp3) is 0.647. The average Bonchev–Trinajstić information content (AvgIpc) is 2.77. The van der Waals surface area contributed by atoms with E-state index in [-0.39, 0.29) is 5.56 Å². The minimum atomic E-state index is 0.0561. The molecule has 0 amide bonds. The van der Waals surface area contributed by atoms with E-state index < -0.39 is 0 Å². The number of aromatic nitrogens is 1. The van der Waals surface area contributed by atoms with Crippen LogP contribution in [0.1, 0.15) is 51.4 Å². The molecule has 3 N–H and O–H groups in total. The van der Waals surface area contributed by atoms with E-state index in [2.05, 4.69) is 10.3 Å². The van der Waals surface area contributed by atoms with Crippen molar-refractivity contribution in [2.24, 2.45) is 10.7 Å². The number of unbranched alkanes of at least 4 members (excludes halogenated alkanes) is 1. The molecule has 0 atom stereocenters. The third-order valence-electron chi connectivity index (χ3n) is 4.20. The van der Waals surface area contributed by atoms with Crippen LogP contribution >= 0.6 is 0 Å². The number of hydrogen-bond donors (Lipinski definition) is 2. The lowest BCUT2D eigenvalue weighted by Gasteiger charge is -2.16. The molecule has 0 radical (unpaired) electrons. The fourth-order valence-corrected chi connectivity index (χ4v) is 2.92. The summed E-state index contributed by atoms with van der Waals surface area (Å²) in [7, 11) is 0. The molecule has 0 bridgehead atoms. The second-order valence-electron chi connectivity index (χ2n) is 6.04. The number of nitrogens with one attached hydrogen (secondary N) is 1. The van der Waals surface area contributed by atoms with Gasteiger partial charge in [-0.15, -0.1) is 0 Å². The van der Waals surface area contributed by atoms with Crippen molar-refractivity contribution in [3.05, 3.63) is 34.7 Å². The van der Waals surface area contributed by atoms with Gasteiger partial charge in [0.1, 0.15) is 0 Å². The highest BCUT2D eigenvalue weighted by Gasteiger charge is 2.11. The topological polar surface area (TPSA) is 72.4 Å². The van der Waals surface area contributed by atoms with Gasteiger partial charge in [-0.2, -0.15) is 0 Å². The third kappa shape index (κ3) is 5.92. The first-order valence-electron chi connectivity index (χ1n) is 8.47. The van der Waals surface area contributed by atoms with E-state index in [1.54, 1.807) is 16.7 Å². The Kier molecular flexibility index (Phi) is 7.00. The monoisotopic (exact) mass is 304 g/mol. The van der Waals surface area contributed by atoms with E-state index >= 15 is 0 Å². The molecule has 0 saturated heterocycles. The molecule has 5 heteroatoms. The smallest absolute Gasteiger partial charge is 0.250 e. The van der Waals surface area contributed by atoms with Gasteiger partial charge in [-0.05, 0) is 31.7 Å². The van der Waals surface area contributed by atoms with Crippen molar-refractivity contribution < 1.29 is 0 Å². The van der Waals surface area contributed by atoms with Gasteiger partial charge >= 0.3 is 0 Å². The Hall–Kier alpha value is -1.78. The molecule has 0 spiro atoms. The molecule has 1 aromatic rings. The highest BCUT2D eigenvalue weighted by atomic mass is 16.1. The molecule has 5 nitrogen and oxygen atoms in total. The highest BCUT2D eigenvalue weighted by Crippen LogP contribution is 2.16. The van der Waals surface area contributed by atoms with E-state index in [0.717, 1.165) is 19.4 Å². The van der Waals surface area contributed by atoms with Gasteiger partial charge in [-0.1, -0.05) is 31.7 Å². The summed E-state index contributed by atoms with van der Waals surface area (Å²) in [5.41, 5.74) is 6.01. The van der Waals surface area contributed by atoms with E-state index in [4.69, 9.17) is 5.73 Å². The molecule has 1 saturated carbocycles. The molecule has 22 heavy (non-hydrogen) atoms. The van der Waals surface area contributed by atoms with Gasteiger partial charge in [-0.3, -0.25) is 9.79 Å². The van der Waals surface area contributed by atoms with Gasteiger partial charge in [0.05, 0.1) is 0 Å². The molecule has 2 rings (SSSR count). The Bertz CT molecular complexity index is 515. The van der Waals surface area contributed by atoms with Crippen LogP contribution in [-0.4, -0.2) is 23.1 Å². The second kappa shape index (κ2) is 9.28. The van der Waals surface area contributed by atoms with Gasteiger partial charge in [0.15, 0.2) is 5.96 Å². The molecule has 1 aliphatic rings. The lowest BCUT2D eigenvalue weighted by atomic mass is 10.1. The lowest BCUT2D eigenvalue weighted by Crippen LogP contribution is -2.39. The van der Waals surface area contributed by atoms with Crippen LogP contribution in [-0.2, 0) is 6.54 Å². The molecule has 0 aliphatic heterocycles. The normalized spacial score (nSPS) is 17.2. The molecule has 1 fully saturated rings. The fourth-order valence-electron chi connectivity index (χ4n) is 2.92. The second-order valence-corrected chi connectivity index (χ2v) is 6.04. The number of rotatable bonds is 6. The van der Waals surface area contributed by atoms with E-state index in [0.29, 0.717) is 18.5 Å². The van der Waals surface area contributed by atoms with Crippen molar-refractivity contribution >= 4 is 5.96 Å². The summed E-state index contributed by atoms with van der Waals surface area (Å²) in [6.45, 7) is 1.46. The van der Waals surface area contributed by atoms with Gasteiger partial charge in [-0.25, -0.2) is 0 Å². The molecule has 0 unspecified atom stereocenters. The lowest BCUT2D eigenvalue weighted by molar-refractivity contribution is 0.529. The maximum Gasteiger partial charge on any atom is 0.250 e. The molecular weight excluding hydrogens is 276 g/mol. The number of aryl methyl sites for hydroxylation is 1. The van der Waals surface area contributed by atoms with Gasteiger partial charge in [0, 0.05) is 31.4 Å². The van der Waals surface area contributed by atoms with Crippen LogP contribution in [0.3, 0.4) is 0 Å². The van der Waals surface area contributed by atoms with E-state index in [9.17, 15) is 4.79 Å². The highest BCUT2D eigenvalue weighted by molar-refractivity contribution is 5.78. The third-order valence-corrected chi connectivity index (χ3v) is 4.20. The average molecular weight is 304 g/mol. The Morgan fingerprint density at radius 3 is 2.73 bits per heavy atom. The number of nitrogens with zero attached hydrogens (tertiary/aromatic N) is 2. The standard InChI is InChI=1S/C17H28N4O/c18-17(20-15-9-3-1-2-4-10-15)19-12-6-8-14-21-13-7-5-11-16(21)22/h5,7,11,13,15H,1-4,6,8-10,12,14H2,(H3,18,19,20). The largest absolute Gasteiger partial charge is 0.370 e. The molecule has 122 valence electrons. The van der Waals surface area contributed by atoms with Crippen LogP contribution in [0.5, 0.6) is 0 Å². The van der Waals surface area contributed by atoms with Gasteiger partial charge in [0.25, 0.3) is 0 Å². The van der Waals surface area contributed by atoms with Crippen LogP contribution in [0.2, 0.25) is 0 Å². The van der Waals surface area contributed by atoms with Crippen molar-refractivity contribution in [3.63, 3.8) is 0 Å². The molecule has 1 heterocycles. The first-order chi connectivity index (χ1) is 10.8. The number of aliphatic imine (C=N–C) groups is 1. The van der Waals surface area contributed by atoms with Crippen molar-refractivity contribution in [3.8, 4) is 0 Å². The van der Waals surface area contributed by atoms with Crippen molar-refractivity contribution in [1.82, 2.24) is 9.88 Å². The number of hydrogen-bond acceptors (Lipinski definition) is 2. The number of nitrogens with two attached hydrogens (primary N) is 1. The first kappa shape index (κ1) is 16.6. The molecule has 1 aromatic heterocycles. The summed E-state index contributed by atoms with van der Waals surface area (Å²) in [6, 6.07) is 5.73. The molecular formula is C17H28N4O. The van der Waals surface area contributed by atoms with Crippen LogP contribution in [0.4, 0.5) is 0 Å². The zero-order valence-corrected chi connectivity index (χ0v) is 13.3. The number of guanidine groups is 1. The Morgan fingerprint density at radius 1 is 1.23 bits per heavy atom. The van der Waals surface area contributed by atoms with E-state index in [1.165, 1.54) is 38.5 Å². The Labute approximate surface area is 132 Å². The van der Waals surface area contributed by atoms with Crippen molar-refractivity contribution in [1.29, 1.82) is 0 Å². The van der Waals surface area contributed by atoms with Crippen LogP contribution < -0.4 is 16.6 Å². The summed E-state index contributed by atoms with van der Waals surface area (Å²) >= 11 is 0. The van der Waals surface area contributed by atoms with Crippen LogP contribution in [0.15, 0.2) is 34.2 Å². The van der Waals surface area contributed by atoms with E-state index in [1.807, 2.05) is 12.3 Å². The quantitative estimate of drug-likeness (QED) is 0.366. The Morgan fingerprint density at radius 2 is 2.00 bits per heavy atom. The predicted octanol–water partition coefficient (Wildman–Crippen LogP) is 2.26. The van der Waals surface area contributed by atoms with Crippen LogP contribution in [0, 0.1) is 0 Å².